The monoisotopic (exact) mass is 293 g/mol. The summed E-state index contributed by atoms with van der Waals surface area (Å²) >= 11 is 5.79. The van der Waals surface area contributed by atoms with Crippen LogP contribution in [0.2, 0.25) is 5.02 Å². The van der Waals surface area contributed by atoms with Gasteiger partial charge in [-0.05, 0) is 23.8 Å². The van der Waals surface area contributed by atoms with E-state index in [1.54, 1.807) is 24.3 Å². The Kier molecular flexibility index (Phi) is 4.71. The molecule has 0 saturated carbocycles. The molecule has 2 aromatic rings. The SMILES string of the molecule is O=C(NC[C@H](O)c1ccccc1)c1ccc(F)cc1Cl. The van der Waals surface area contributed by atoms with Crippen molar-refractivity contribution in [2.75, 3.05) is 6.54 Å². The molecule has 0 aromatic heterocycles. The molecule has 0 unspecified atom stereocenters. The number of hydrogen-bond acceptors (Lipinski definition) is 2. The predicted octanol–water partition coefficient (Wildman–Crippen LogP) is 2.94. The van der Waals surface area contributed by atoms with Crippen LogP contribution in [0.15, 0.2) is 48.5 Å². The number of hydrogen-bond donors (Lipinski definition) is 2. The molecule has 0 spiro atoms. The third-order valence-electron chi connectivity index (χ3n) is 2.82. The van der Waals surface area contributed by atoms with Crippen LogP contribution in [0.4, 0.5) is 4.39 Å². The summed E-state index contributed by atoms with van der Waals surface area (Å²) in [4.78, 5) is 11.9. The molecule has 0 aliphatic heterocycles. The molecule has 2 aromatic carbocycles. The molecule has 2 N–H and O–H groups in total. The average Bonchev–Trinajstić information content (AvgIpc) is 2.45. The van der Waals surface area contributed by atoms with Crippen LogP contribution in [0.1, 0.15) is 22.0 Å². The third kappa shape index (κ3) is 3.56. The molecule has 0 radical (unpaired) electrons. The van der Waals surface area contributed by atoms with Crippen molar-refractivity contribution in [2.45, 2.75) is 6.10 Å². The van der Waals surface area contributed by atoms with E-state index in [2.05, 4.69) is 5.32 Å². The Labute approximate surface area is 121 Å². The summed E-state index contributed by atoms with van der Waals surface area (Å²) in [5, 5.41) is 12.5. The van der Waals surface area contributed by atoms with Crippen molar-refractivity contribution < 1.29 is 14.3 Å². The molecule has 20 heavy (non-hydrogen) atoms. The van der Waals surface area contributed by atoms with Crippen LogP contribution in [0.5, 0.6) is 0 Å². The summed E-state index contributed by atoms with van der Waals surface area (Å²) in [5.41, 5.74) is 0.881. The maximum atomic E-state index is 12.9. The van der Waals surface area contributed by atoms with Gasteiger partial charge in [-0.3, -0.25) is 4.79 Å². The highest BCUT2D eigenvalue weighted by Crippen LogP contribution is 2.17. The zero-order chi connectivity index (χ0) is 14.5. The van der Waals surface area contributed by atoms with Crippen molar-refractivity contribution in [3.8, 4) is 0 Å². The molecular weight excluding hydrogens is 281 g/mol. The van der Waals surface area contributed by atoms with Gasteiger partial charge in [-0.25, -0.2) is 4.39 Å². The first-order valence-electron chi connectivity index (χ1n) is 6.04. The standard InChI is InChI=1S/C15H13ClFNO2/c16-13-8-11(17)6-7-12(13)15(20)18-9-14(19)10-4-2-1-3-5-10/h1-8,14,19H,9H2,(H,18,20)/t14-/m0/s1. The minimum absolute atomic E-state index is 0.0386. The summed E-state index contributed by atoms with van der Waals surface area (Å²) in [5.74, 6) is -0.958. The summed E-state index contributed by atoms with van der Waals surface area (Å²) < 4.78 is 12.9. The molecular formula is C15H13ClFNO2. The molecule has 0 aliphatic rings. The molecule has 1 amide bonds. The van der Waals surface area contributed by atoms with Crippen molar-refractivity contribution in [1.82, 2.24) is 5.32 Å². The summed E-state index contributed by atoms with van der Waals surface area (Å²) in [7, 11) is 0. The number of benzene rings is 2. The van der Waals surface area contributed by atoms with Crippen molar-refractivity contribution in [3.63, 3.8) is 0 Å². The van der Waals surface area contributed by atoms with Gasteiger partial charge < -0.3 is 10.4 Å². The van der Waals surface area contributed by atoms with E-state index in [4.69, 9.17) is 11.6 Å². The van der Waals surface area contributed by atoms with Crippen LogP contribution in [0.25, 0.3) is 0 Å². The van der Waals surface area contributed by atoms with E-state index < -0.39 is 17.8 Å². The molecule has 0 saturated heterocycles. The topological polar surface area (TPSA) is 49.3 Å². The lowest BCUT2D eigenvalue weighted by Gasteiger charge is -2.12. The molecule has 0 heterocycles. The summed E-state index contributed by atoms with van der Waals surface area (Å²) in [6.45, 7) is 0.0521. The van der Waals surface area contributed by atoms with Gasteiger partial charge in [-0.15, -0.1) is 0 Å². The van der Waals surface area contributed by atoms with Crippen LogP contribution in [0.3, 0.4) is 0 Å². The lowest BCUT2D eigenvalue weighted by molar-refractivity contribution is 0.0916. The number of amides is 1. The minimum Gasteiger partial charge on any atom is -0.387 e. The maximum Gasteiger partial charge on any atom is 0.252 e. The van der Waals surface area contributed by atoms with Gasteiger partial charge in [0.15, 0.2) is 0 Å². The molecule has 3 nitrogen and oxygen atoms in total. The van der Waals surface area contributed by atoms with Crippen LogP contribution in [0, 0.1) is 5.82 Å². The van der Waals surface area contributed by atoms with Crippen molar-refractivity contribution in [1.29, 1.82) is 0 Å². The smallest absolute Gasteiger partial charge is 0.252 e. The minimum atomic E-state index is -0.806. The summed E-state index contributed by atoms with van der Waals surface area (Å²) in [6, 6.07) is 12.5. The van der Waals surface area contributed by atoms with Crippen molar-refractivity contribution in [2.24, 2.45) is 0 Å². The number of carbonyl (C=O) groups is 1. The van der Waals surface area contributed by atoms with Crippen LogP contribution in [-0.4, -0.2) is 17.6 Å². The van der Waals surface area contributed by atoms with Gasteiger partial charge in [0, 0.05) is 6.54 Å². The second-order valence-corrected chi connectivity index (χ2v) is 4.67. The second-order valence-electron chi connectivity index (χ2n) is 4.26. The summed E-state index contributed by atoms with van der Waals surface area (Å²) in [6.07, 6.45) is -0.806. The van der Waals surface area contributed by atoms with E-state index in [9.17, 15) is 14.3 Å². The largest absolute Gasteiger partial charge is 0.387 e. The van der Waals surface area contributed by atoms with Crippen LogP contribution >= 0.6 is 11.6 Å². The van der Waals surface area contributed by atoms with Gasteiger partial charge in [-0.1, -0.05) is 41.9 Å². The number of halogens is 2. The number of aliphatic hydroxyl groups is 1. The van der Waals surface area contributed by atoms with Crippen molar-refractivity contribution >= 4 is 17.5 Å². The third-order valence-corrected chi connectivity index (χ3v) is 3.13. The zero-order valence-corrected chi connectivity index (χ0v) is 11.3. The van der Waals surface area contributed by atoms with E-state index in [-0.39, 0.29) is 17.1 Å². The van der Waals surface area contributed by atoms with Gasteiger partial charge in [0.1, 0.15) is 5.82 Å². The van der Waals surface area contributed by atoms with Crippen molar-refractivity contribution in [3.05, 3.63) is 70.5 Å². The number of aliphatic hydroxyl groups excluding tert-OH is 1. The predicted molar refractivity (Wildman–Crippen MR) is 75.1 cm³/mol. The fourth-order valence-electron chi connectivity index (χ4n) is 1.75. The maximum absolute atomic E-state index is 12.9. The number of rotatable bonds is 4. The first-order valence-corrected chi connectivity index (χ1v) is 6.42. The molecule has 104 valence electrons. The van der Waals surface area contributed by atoms with Crippen LogP contribution in [-0.2, 0) is 0 Å². The number of nitrogens with one attached hydrogen (secondary N) is 1. The highest BCUT2D eigenvalue weighted by Gasteiger charge is 2.13. The fraction of sp³-hybridized carbons (Fsp3) is 0.133. The molecule has 1 atom stereocenters. The van der Waals surface area contributed by atoms with Gasteiger partial charge in [-0.2, -0.15) is 0 Å². The Balaban J connectivity index is 1.99. The molecule has 0 fully saturated rings. The Morgan fingerprint density at radius 3 is 2.60 bits per heavy atom. The van der Waals surface area contributed by atoms with Gasteiger partial charge in [0.05, 0.1) is 16.7 Å². The van der Waals surface area contributed by atoms with Crippen LogP contribution < -0.4 is 5.32 Å². The van der Waals surface area contributed by atoms with Gasteiger partial charge in [0.2, 0.25) is 0 Å². The average molecular weight is 294 g/mol. The highest BCUT2D eigenvalue weighted by molar-refractivity contribution is 6.33. The fourth-order valence-corrected chi connectivity index (χ4v) is 2.00. The molecule has 5 heteroatoms. The molecule has 0 bridgehead atoms. The molecule has 0 aliphatic carbocycles. The number of carbonyl (C=O) groups excluding carboxylic acids is 1. The van der Waals surface area contributed by atoms with E-state index >= 15 is 0 Å². The van der Waals surface area contributed by atoms with E-state index in [0.717, 1.165) is 12.1 Å². The highest BCUT2D eigenvalue weighted by atomic mass is 35.5. The van der Waals surface area contributed by atoms with Gasteiger partial charge >= 0.3 is 0 Å². The quantitative estimate of drug-likeness (QED) is 0.910. The van der Waals surface area contributed by atoms with E-state index in [1.165, 1.54) is 6.07 Å². The second kappa shape index (κ2) is 6.50. The Hall–Kier alpha value is -1.91. The Bertz CT molecular complexity index is 604. The first kappa shape index (κ1) is 14.5. The lowest BCUT2D eigenvalue weighted by atomic mass is 10.1. The Morgan fingerprint density at radius 1 is 1.25 bits per heavy atom. The molecule has 2 rings (SSSR count). The first-order chi connectivity index (χ1) is 9.58. The lowest BCUT2D eigenvalue weighted by Crippen LogP contribution is -2.28. The Morgan fingerprint density at radius 2 is 1.95 bits per heavy atom. The van der Waals surface area contributed by atoms with E-state index in [0.29, 0.717) is 5.56 Å². The normalized spacial score (nSPS) is 11.9. The zero-order valence-electron chi connectivity index (χ0n) is 10.5. The van der Waals surface area contributed by atoms with E-state index in [1.807, 2.05) is 6.07 Å². The van der Waals surface area contributed by atoms with Gasteiger partial charge in [0.25, 0.3) is 5.91 Å².